The first-order chi connectivity index (χ1) is 14.3. The molecule has 2 aromatic carbocycles. The van der Waals surface area contributed by atoms with E-state index in [2.05, 4.69) is 42.9 Å². The van der Waals surface area contributed by atoms with Crippen molar-refractivity contribution in [1.82, 2.24) is 24.7 Å². The van der Waals surface area contributed by atoms with Gasteiger partial charge in [0.2, 0.25) is 0 Å². The van der Waals surface area contributed by atoms with Crippen LogP contribution in [0.15, 0.2) is 84.4 Å². The smallest absolute Gasteiger partial charge is 0.196 e. The van der Waals surface area contributed by atoms with Gasteiger partial charge in [-0.15, -0.1) is 10.2 Å². The molecule has 0 atom stereocenters. The predicted octanol–water partition coefficient (Wildman–Crippen LogP) is 5.76. The highest BCUT2D eigenvalue weighted by atomic mass is 35.5. The first-order valence-electron chi connectivity index (χ1n) is 9.09. The first-order valence-corrected chi connectivity index (χ1v) is 10.5. The quantitative estimate of drug-likeness (QED) is 0.369. The molecule has 0 spiro atoms. The van der Waals surface area contributed by atoms with Gasteiger partial charge >= 0.3 is 0 Å². The van der Waals surface area contributed by atoms with Crippen LogP contribution in [-0.2, 0) is 5.75 Å². The van der Waals surface area contributed by atoms with E-state index in [1.807, 2.05) is 54.9 Å². The lowest BCUT2D eigenvalue weighted by Gasteiger charge is -2.10. The maximum absolute atomic E-state index is 6.11. The summed E-state index contributed by atoms with van der Waals surface area (Å²) in [6.07, 6.45) is 5.63. The summed E-state index contributed by atoms with van der Waals surface area (Å²) in [5.74, 6) is 1.55. The summed E-state index contributed by atoms with van der Waals surface area (Å²) in [4.78, 5) is 7.52. The highest BCUT2D eigenvalue weighted by molar-refractivity contribution is 7.98. The lowest BCUT2D eigenvalue weighted by Crippen LogP contribution is -1.99. The topological polar surface area (TPSA) is 59.4 Å². The lowest BCUT2D eigenvalue weighted by atomic mass is 10.1. The van der Waals surface area contributed by atoms with Crippen molar-refractivity contribution in [3.63, 3.8) is 0 Å². The Balaban J connectivity index is 1.61. The Bertz CT molecular complexity index is 1260. The molecule has 0 saturated carbocycles. The molecule has 1 N–H and O–H groups in total. The van der Waals surface area contributed by atoms with E-state index in [4.69, 9.17) is 11.6 Å². The van der Waals surface area contributed by atoms with Crippen LogP contribution in [0.1, 0.15) is 5.56 Å². The largest absolute Gasteiger partial charge is 0.360 e. The number of H-pyrrole nitrogens is 1. The van der Waals surface area contributed by atoms with Crippen molar-refractivity contribution >= 4 is 34.3 Å². The molecule has 29 heavy (non-hydrogen) atoms. The Hall–Kier alpha value is -3.09. The molecule has 0 aliphatic rings. The number of nitrogens with zero attached hydrogens (tertiary/aromatic N) is 4. The van der Waals surface area contributed by atoms with Crippen LogP contribution in [0.5, 0.6) is 0 Å². The minimum absolute atomic E-state index is 0.694. The molecule has 0 saturated heterocycles. The maximum Gasteiger partial charge on any atom is 0.196 e. The summed E-state index contributed by atoms with van der Waals surface area (Å²) in [5.41, 5.74) is 4.18. The zero-order chi connectivity index (χ0) is 19.6. The van der Waals surface area contributed by atoms with Crippen LogP contribution in [-0.4, -0.2) is 24.7 Å². The predicted molar refractivity (Wildman–Crippen MR) is 117 cm³/mol. The molecule has 0 aliphatic carbocycles. The van der Waals surface area contributed by atoms with Crippen LogP contribution < -0.4 is 0 Å². The van der Waals surface area contributed by atoms with Crippen molar-refractivity contribution in [3.05, 3.63) is 89.8 Å². The Morgan fingerprint density at radius 1 is 0.966 bits per heavy atom. The molecule has 0 bridgehead atoms. The normalized spacial score (nSPS) is 11.2. The van der Waals surface area contributed by atoms with E-state index in [0.717, 1.165) is 44.5 Å². The minimum Gasteiger partial charge on any atom is -0.360 e. The summed E-state index contributed by atoms with van der Waals surface area (Å²) in [7, 11) is 0. The number of thioether (sulfide) groups is 1. The molecule has 3 heterocycles. The zero-order valence-corrected chi connectivity index (χ0v) is 16.9. The van der Waals surface area contributed by atoms with Gasteiger partial charge in [-0.2, -0.15) is 0 Å². The summed E-state index contributed by atoms with van der Waals surface area (Å²) in [5, 5.41) is 11.7. The molecule has 7 heteroatoms. The molecule has 0 radical (unpaired) electrons. The van der Waals surface area contributed by atoms with Gasteiger partial charge in [-0.1, -0.05) is 47.6 Å². The summed E-state index contributed by atoms with van der Waals surface area (Å²) >= 11 is 7.74. The third kappa shape index (κ3) is 3.52. The zero-order valence-electron chi connectivity index (χ0n) is 15.3. The van der Waals surface area contributed by atoms with E-state index in [1.54, 1.807) is 18.0 Å². The van der Waals surface area contributed by atoms with E-state index < -0.39 is 0 Å². The van der Waals surface area contributed by atoms with Gasteiger partial charge in [-0.25, -0.2) is 0 Å². The SMILES string of the molecule is Clc1ccc(-n2c(SCc3cccnc3)nnc2-c2c[nH]c3ccccc23)cc1. The monoisotopic (exact) mass is 417 g/mol. The lowest BCUT2D eigenvalue weighted by molar-refractivity contribution is 0.886. The van der Waals surface area contributed by atoms with Crippen LogP contribution >= 0.6 is 23.4 Å². The number of fused-ring (bicyclic) bond motifs is 1. The third-order valence-corrected chi connectivity index (χ3v) is 5.89. The molecule has 5 rings (SSSR count). The van der Waals surface area contributed by atoms with Crippen molar-refractivity contribution in [2.75, 3.05) is 0 Å². The number of aromatic amines is 1. The molecule has 0 aliphatic heterocycles. The number of hydrogen-bond donors (Lipinski definition) is 1. The number of para-hydroxylation sites is 1. The summed E-state index contributed by atoms with van der Waals surface area (Å²) in [6.45, 7) is 0. The molecule has 3 aromatic heterocycles. The average Bonchev–Trinajstić information content (AvgIpc) is 3.37. The maximum atomic E-state index is 6.11. The van der Waals surface area contributed by atoms with Crippen LogP contribution in [0, 0.1) is 0 Å². The van der Waals surface area contributed by atoms with Gasteiger partial charge in [0.25, 0.3) is 0 Å². The molecule has 0 amide bonds. The van der Waals surface area contributed by atoms with Gasteiger partial charge in [0.05, 0.1) is 0 Å². The molecular weight excluding hydrogens is 402 g/mol. The molecular formula is C22H16ClN5S. The van der Waals surface area contributed by atoms with Crippen LogP contribution in [0.25, 0.3) is 28.0 Å². The average molecular weight is 418 g/mol. The second-order valence-electron chi connectivity index (χ2n) is 6.52. The van der Waals surface area contributed by atoms with Crippen molar-refractivity contribution < 1.29 is 0 Å². The van der Waals surface area contributed by atoms with E-state index in [-0.39, 0.29) is 0 Å². The molecule has 0 fully saturated rings. The standard InChI is InChI=1S/C22H16ClN5S/c23-16-7-9-17(10-8-16)28-21(19-13-25-20-6-2-1-5-18(19)20)26-27-22(28)29-14-15-4-3-11-24-12-15/h1-13,25H,14H2. The van der Waals surface area contributed by atoms with Gasteiger partial charge in [0, 0.05) is 51.5 Å². The fourth-order valence-corrected chi connectivity index (χ4v) is 4.26. The van der Waals surface area contributed by atoms with Gasteiger partial charge in [-0.05, 0) is 42.0 Å². The first kappa shape index (κ1) is 18.0. The molecule has 0 unspecified atom stereocenters. The number of halogens is 1. The van der Waals surface area contributed by atoms with Crippen LogP contribution in [0.4, 0.5) is 0 Å². The Kier molecular flexibility index (Phi) is 4.79. The van der Waals surface area contributed by atoms with Gasteiger partial charge < -0.3 is 4.98 Å². The highest BCUT2D eigenvalue weighted by Crippen LogP contribution is 2.33. The van der Waals surface area contributed by atoms with Crippen molar-refractivity contribution in [1.29, 1.82) is 0 Å². The fourth-order valence-electron chi connectivity index (χ4n) is 3.25. The number of benzene rings is 2. The molecule has 5 aromatic rings. The van der Waals surface area contributed by atoms with Crippen LogP contribution in [0.3, 0.4) is 0 Å². The van der Waals surface area contributed by atoms with Crippen LogP contribution in [0.2, 0.25) is 5.02 Å². The molecule has 142 valence electrons. The molecule has 5 nitrogen and oxygen atoms in total. The van der Waals surface area contributed by atoms with Gasteiger partial charge in [0.1, 0.15) is 0 Å². The van der Waals surface area contributed by atoms with Crippen molar-refractivity contribution in [3.8, 4) is 17.1 Å². The van der Waals surface area contributed by atoms with E-state index in [0.29, 0.717) is 5.02 Å². The van der Waals surface area contributed by atoms with Crippen molar-refractivity contribution in [2.24, 2.45) is 0 Å². The number of hydrogen-bond acceptors (Lipinski definition) is 4. The Morgan fingerprint density at radius 2 is 1.83 bits per heavy atom. The number of aromatic nitrogens is 5. The van der Waals surface area contributed by atoms with Gasteiger partial charge in [-0.3, -0.25) is 9.55 Å². The van der Waals surface area contributed by atoms with E-state index in [1.165, 1.54) is 0 Å². The Morgan fingerprint density at radius 3 is 2.66 bits per heavy atom. The second-order valence-corrected chi connectivity index (χ2v) is 7.89. The highest BCUT2D eigenvalue weighted by Gasteiger charge is 2.19. The Labute approximate surface area is 176 Å². The number of rotatable bonds is 5. The number of pyridine rings is 1. The summed E-state index contributed by atoms with van der Waals surface area (Å²) in [6, 6.07) is 19.9. The third-order valence-electron chi connectivity index (χ3n) is 4.64. The minimum atomic E-state index is 0.694. The van der Waals surface area contributed by atoms with E-state index in [9.17, 15) is 0 Å². The number of nitrogens with one attached hydrogen (secondary N) is 1. The fraction of sp³-hybridized carbons (Fsp3) is 0.0455. The summed E-state index contributed by atoms with van der Waals surface area (Å²) < 4.78 is 2.08. The van der Waals surface area contributed by atoms with Crippen molar-refractivity contribution in [2.45, 2.75) is 10.9 Å². The van der Waals surface area contributed by atoms with E-state index >= 15 is 0 Å². The van der Waals surface area contributed by atoms with Gasteiger partial charge in [0.15, 0.2) is 11.0 Å². The second kappa shape index (κ2) is 7.73.